The number of halogens is 1. The minimum absolute atomic E-state index is 0. The number of likely N-dealkylation sites (tertiary alicyclic amines) is 1. The van der Waals surface area contributed by atoms with Gasteiger partial charge in [-0.05, 0) is 71.4 Å². The van der Waals surface area contributed by atoms with Crippen molar-refractivity contribution in [1.29, 1.82) is 0 Å². The molecular weight excluding hydrogens is 714 g/mol. The molecule has 9 nitrogen and oxygen atoms in total. The van der Waals surface area contributed by atoms with Gasteiger partial charge in [0.1, 0.15) is 24.8 Å². The summed E-state index contributed by atoms with van der Waals surface area (Å²) in [5, 5.41) is 7.74. The van der Waals surface area contributed by atoms with Crippen LogP contribution in [0.3, 0.4) is 0 Å². The molecule has 44 heavy (non-hydrogen) atoms. The predicted molar refractivity (Wildman–Crippen MR) is 179 cm³/mol. The fraction of sp³-hybridized carbons (Fsp3) is 0.500. The van der Waals surface area contributed by atoms with Crippen LogP contribution in [-0.2, 0) is 4.57 Å². The van der Waals surface area contributed by atoms with Crippen LogP contribution in [0, 0.1) is 6.92 Å². The first-order valence-electron chi connectivity index (χ1n) is 15.4. The number of ether oxygens (including phenoxy) is 1. The Morgan fingerprint density at radius 3 is 2.55 bits per heavy atom. The van der Waals surface area contributed by atoms with Gasteiger partial charge in [0.05, 0.1) is 25.0 Å². The topological polar surface area (TPSA) is 87.1 Å². The van der Waals surface area contributed by atoms with Crippen LogP contribution in [0.1, 0.15) is 32.3 Å². The van der Waals surface area contributed by atoms with Gasteiger partial charge in [-0.2, -0.15) is 4.98 Å². The largest absolute Gasteiger partial charge is 1.00 e. The summed E-state index contributed by atoms with van der Waals surface area (Å²) in [6.07, 6.45) is 4.09. The maximum Gasteiger partial charge on any atom is 1.00 e. The Labute approximate surface area is 326 Å². The number of anilines is 4. The van der Waals surface area contributed by atoms with E-state index in [2.05, 4.69) is 56.5 Å². The van der Waals surface area contributed by atoms with Crippen LogP contribution in [0.25, 0.3) is 0 Å². The van der Waals surface area contributed by atoms with Crippen LogP contribution in [0.2, 0.25) is 5.02 Å². The minimum Gasteiger partial charge on any atom is -0.481 e. The van der Waals surface area contributed by atoms with E-state index in [-0.39, 0.29) is 68.9 Å². The summed E-state index contributed by atoms with van der Waals surface area (Å²) in [7, 11) is -0.275. The Kier molecular flexibility index (Phi) is 13.2. The van der Waals surface area contributed by atoms with E-state index in [1.165, 1.54) is 42.1 Å². The van der Waals surface area contributed by atoms with Gasteiger partial charge in [0, 0.05) is 35.2 Å². The number of piperazine rings is 1. The van der Waals surface area contributed by atoms with Crippen LogP contribution >= 0.6 is 18.7 Å². The predicted octanol–water partition coefficient (Wildman–Crippen LogP) is 1.89. The number of benzene rings is 2. The van der Waals surface area contributed by atoms with Crippen molar-refractivity contribution in [3.63, 3.8) is 0 Å². The molecule has 0 spiro atoms. The second-order valence-corrected chi connectivity index (χ2v) is 15.6. The summed E-state index contributed by atoms with van der Waals surface area (Å²) < 4.78 is 19.2. The fourth-order valence-electron chi connectivity index (χ4n) is 6.49. The smallest absolute Gasteiger partial charge is 0.481 e. The molecule has 12 heteroatoms. The summed E-state index contributed by atoms with van der Waals surface area (Å²) in [6.45, 7) is 16.1. The van der Waals surface area contributed by atoms with E-state index >= 15 is 0 Å². The molecule has 2 aromatic carbocycles. The molecule has 3 aliphatic rings. The first-order valence-corrected chi connectivity index (χ1v) is 18.4. The third kappa shape index (κ3) is 8.44. The molecule has 0 amide bonds. The van der Waals surface area contributed by atoms with Crippen LogP contribution in [0.5, 0.6) is 5.75 Å². The van der Waals surface area contributed by atoms with Crippen molar-refractivity contribution in [3.8, 4) is 5.75 Å². The molecule has 3 aromatic rings. The van der Waals surface area contributed by atoms with Gasteiger partial charge >= 0.3 is 68.9 Å². The maximum absolute atomic E-state index is 12.8. The molecule has 4 heterocycles. The third-order valence-electron chi connectivity index (χ3n) is 8.62. The number of aryl methyl sites for hydroxylation is 1. The van der Waals surface area contributed by atoms with Crippen molar-refractivity contribution in [2.75, 3.05) is 70.3 Å². The number of fused-ring (bicyclic) bond motifs is 3. The van der Waals surface area contributed by atoms with Crippen LogP contribution in [-0.4, -0.2) is 91.6 Å². The SMILES string of the molecule is CC.Cc1cc(Nc2ncc(Cl)c(Nc3ccccc3P(C)(C)=O)n2)cc2c1[NH+]1CCN(C3CCN(C)CC3)CC1CO2.[Cs+]. The molecule has 3 aliphatic heterocycles. The zero-order chi connectivity index (χ0) is 30.7. The maximum atomic E-state index is 12.8. The van der Waals surface area contributed by atoms with Gasteiger partial charge in [0.2, 0.25) is 5.95 Å². The van der Waals surface area contributed by atoms with Crippen molar-refractivity contribution in [2.24, 2.45) is 0 Å². The Bertz CT molecular complexity index is 1480. The van der Waals surface area contributed by atoms with E-state index in [4.69, 9.17) is 16.3 Å². The molecule has 2 atom stereocenters. The molecule has 0 bridgehead atoms. The summed E-state index contributed by atoms with van der Waals surface area (Å²) >= 11 is 6.45. The zero-order valence-electron chi connectivity index (χ0n) is 27.3. The number of hydrogen-bond acceptors (Lipinski definition) is 8. The van der Waals surface area contributed by atoms with Gasteiger partial charge in [0.15, 0.2) is 17.3 Å². The first kappa shape index (κ1) is 36.2. The molecule has 2 fully saturated rings. The zero-order valence-corrected chi connectivity index (χ0v) is 35.2. The second-order valence-electron chi connectivity index (χ2n) is 12.0. The third-order valence-corrected chi connectivity index (χ3v) is 10.4. The first-order chi connectivity index (χ1) is 20.7. The van der Waals surface area contributed by atoms with Crippen molar-refractivity contribution in [3.05, 3.63) is 53.2 Å². The number of aromatic nitrogens is 2. The molecule has 6 rings (SSSR count). The summed E-state index contributed by atoms with van der Waals surface area (Å²) in [5.41, 5.74) is 4.05. The minimum atomic E-state index is -2.50. The Morgan fingerprint density at radius 1 is 1.09 bits per heavy atom. The second kappa shape index (κ2) is 16.0. The number of para-hydroxylation sites is 1. The molecule has 1 aromatic heterocycles. The molecule has 0 saturated carbocycles. The average molecular weight is 760 g/mol. The van der Waals surface area contributed by atoms with Crippen LogP contribution in [0.4, 0.5) is 28.8 Å². The summed E-state index contributed by atoms with van der Waals surface area (Å²) in [4.78, 5) is 15.7. The van der Waals surface area contributed by atoms with Crippen molar-refractivity contribution < 1.29 is 83.1 Å². The molecule has 2 unspecified atom stereocenters. The Morgan fingerprint density at radius 2 is 1.82 bits per heavy atom. The molecule has 0 radical (unpaired) electrons. The van der Waals surface area contributed by atoms with E-state index in [0.29, 0.717) is 28.9 Å². The average Bonchev–Trinajstić information content (AvgIpc) is 2.99. The van der Waals surface area contributed by atoms with Gasteiger partial charge < -0.3 is 24.8 Å². The molecular formula is C32H46ClCsN7O2P+2. The van der Waals surface area contributed by atoms with Crippen LogP contribution < -0.4 is 94.5 Å². The van der Waals surface area contributed by atoms with E-state index in [1.54, 1.807) is 19.5 Å². The standard InChI is InChI=1S/C30H39ClN7O2P.C2H6.Cs/c1-20-15-21(33-30-32-17-24(31)29(35-30)34-25-7-5-6-8-27(25)41(3,4)39)16-26-28(20)38-14-13-37(18-23(38)19-40-26)22-9-11-36(2)12-10-22;1-2;/h5-8,15-17,22-23H,9-14,18-19H2,1-4H3,(H2,32,33,34,35);1-2H3;/q;;+1/p+1. The normalized spacial score (nSPS) is 20.6. The number of rotatable bonds is 6. The summed E-state index contributed by atoms with van der Waals surface area (Å²) in [6, 6.07) is 12.9. The quantitative estimate of drug-likeness (QED) is 0.329. The van der Waals surface area contributed by atoms with Gasteiger partial charge in [-0.25, -0.2) is 4.98 Å². The van der Waals surface area contributed by atoms with Gasteiger partial charge in [-0.1, -0.05) is 37.6 Å². The number of piperidine rings is 1. The fourth-order valence-corrected chi connectivity index (χ4v) is 7.78. The summed E-state index contributed by atoms with van der Waals surface area (Å²) in [5.74, 6) is 1.79. The molecule has 0 aliphatic carbocycles. The Hall–Kier alpha value is -0.628. The van der Waals surface area contributed by atoms with E-state index < -0.39 is 7.14 Å². The van der Waals surface area contributed by atoms with Crippen LogP contribution in [0.15, 0.2) is 42.6 Å². The molecule has 232 valence electrons. The van der Waals surface area contributed by atoms with Gasteiger partial charge in [-0.15, -0.1) is 0 Å². The van der Waals surface area contributed by atoms with E-state index in [9.17, 15) is 4.57 Å². The van der Waals surface area contributed by atoms with Crippen molar-refractivity contribution in [1.82, 2.24) is 19.8 Å². The van der Waals surface area contributed by atoms with Gasteiger partial charge in [0.25, 0.3) is 0 Å². The number of nitrogens with one attached hydrogen (secondary N) is 3. The Balaban J connectivity index is 0.00000144. The number of quaternary nitrogens is 1. The molecule has 3 N–H and O–H groups in total. The van der Waals surface area contributed by atoms with E-state index in [1.807, 2.05) is 38.1 Å². The van der Waals surface area contributed by atoms with Crippen molar-refractivity contribution >= 4 is 52.9 Å². The number of hydrogen-bond donors (Lipinski definition) is 3. The van der Waals surface area contributed by atoms with E-state index in [0.717, 1.165) is 48.7 Å². The van der Waals surface area contributed by atoms with Gasteiger partial charge in [-0.3, -0.25) is 9.80 Å². The molecule has 2 saturated heterocycles. The van der Waals surface area contributed by atoms with Crippen molar-refractivity contribution in [2.45, 2.75) is 45.7 Å². The monoisotopic (exact) mass is 759 g/mol. The number of nitrogens with zero attached hydrogens (tertiary/aromatic N) is 4.